The van der Waals surface area contributed by atoms with Crippen molar-refractivity contribution >= 4 is 132 Å². The Morgan fingerprint density at radius 1 is 0.829 bits per heavy atom. The van der Waals surface area contributed by atoms with E-state index in [1.54, 1.807) is 41.1 Å². The van der Waals surface area contributed by atoms with Gasteiger partial charge in [-0.2, -0.15) is 30.0 Å². The van der Waals surface area contributed by atoms with E-state index in [1.165, 1.54) is 35.1 Å². The van der Waals surface area contributed by atoms with Gasteiger partial charge in [-0.05, 0) is 107 Å². The number of phosphoric ester groups is 1. The van der Waals surface area contributed by atoms with Gasteiger partial charge in [0.1, 0.15) is 24.9 Å². The summed E-state index contributed by atoms with van der Waals surface area (Å²) in [5, 5.41) is 26.5. The highest BCUT2D eigenvalue weighted by atomic mass is 33.1. The molecule has 3 aromatic carbocycles. The van der Waals surface area contributed by atoms with Crippen LogP contribution < -0.4 is 26.6 Å². The van der Waals surface area contributed by atoms with Gasteiger partial charge in [-0.25, -0.2) is 13.7 Å². The summed E-state index contributed by atoms with van der Waals surface area (Å²) in [5.74, 6) is 4.42. The van der Waals surface area contributed by atoms with Crippen molar-refractivity contribution in [3.8, 4) is 11.8 Å². The van der Waals surface area contributed by atoms with E-state index in [9.17, 15) is 97.8 Å². The molecule has 8 atom stereocenters. The van der Waals surface area contributed by atoms with Crippen LogP contribution in [-0.2, 0) is 90.7 Å². The molecule has 35 nitrogen and oxygen atoms in total. The largest absolute Gasteiger partial charge is 0.490 e. The number of amides is 3. The van der Waals surface area contributed by atoms with Crippen molar-refractivity contribution in [1.82, 2.24) is 20.5 Å². The Bertz CT molecular complexity index is 4630. The number of hydrogen-bond donors (Lipinski definition) is 15. The fourth-order valence-electron chi connectivity index (χ4n) is 12.0. The zero-order valence-corrected chi connectivity index (χ0v) is 65.2. The van der Waals surface area contributed by atoms with E-state index in [2.05, 4.69) is 50.4 Å². The number of nitrogens with zero attached hydrogens (tertiary/aromatic N) is 3. The minimum absolute atomic E-state index is 0.0226. The Morgan fingerprint density at radius 2 is 1.50 bits per heavy atom. The molecule has 1 fully saturated rings. The Morgan fingerprint density at radius 3 is 2.15 bits per heavy atom. The molecule has 3 aliphatic rings. The van der Waals surface area contributed by atoms with Crippen molar-refractivity contribution in [3.63, 3.8) is 0 Å². The lowest BCUT2D eigenvalue weighted by Gasteiger charge is -2.31. The van der Waals surface area contributed by atoms with Crippen LogP contribution in [-0.4, -0.2) is 178 Å². The van der Waals surface area contributed by atoms with Crippen LogP contribution in [0.15, 0.2) is 107 Å². The second kappa shape index (κ2) is 35.2. The molecule has 1 aromatic heterocycles. The summed E-state index contributed by atoms with van der Waals surface area (Å²) in [4.78, 5) is 109. The standard InChI is InChI=1S/C61H84N7O28P5S4/c1-7-66-47-26-24-41(104(86,87)88)34-43(47)59(2,3)52(66)21-10-8-11-22-53-60(4,5)44-35-42(105(89,90)91)25-27-48(44)67(53)32-15-9-12-23-55(71)65-46(58(72)64-30-14-13-29-61(73,97(74,75)76)98(77,78)92-6)39-103-102-33-28-54(70)63-31-17-18-40-37-68(49-20-16-19-45(62)57(40)49)56-36-50(69)51(94-56)38-93-100(82,83)96-101(84,85)95-99(79,80)81/h8,10-11,16,19-22,24-27,34-35,37,46,50-51,56,69,73H,7,9,12-15,23,28-33,36,38-39,62H2,1-6H3,(H11-,63,64,65,70,71,72,74,75,76,77,78,79,80,81,82,83,84,85,86,87,88,89,90,91)/p+1/t46?,50-,51+,56+,61?/m0/s1. The number of phosphoric acid groups is 3. The zero-order chi connectivity index (χ0) is 78.1. The molecule has 3 aliphatic heterocycles. The van der Waals surface area contributed by atoms with Crippen molar-refractivity contribution in [3.05, 3.63) is 114 Å². The Hall–Kier alpha value is -5.23. The number of aliphatic hydroxyl groups is 2. The second-order valence-corrected chi connectivity index (χ2v) is 39.5. The number of hydrogen-bond acceptors (Lipinski definition) is 23. The number of carbonyl (C=O) groups is 3. The van der Waals surface area contributed by atoms with Gasteiger partial charge < -0.3 is 84.9 Å². The second-order valence-electron chi connectivity index (χ2n) is 25.3. The molecule has 0 saturated carbocycles. The van der Waals surface area contributed by atoms with E-state index >= 15 is 0 Å². The number of aromatic nitrogens is 1. The number of anilines is 2. The molecule has 16 N–H and O–H groups in total. The lowest BCUT2D eigenvalue weighted by atomic mass is 9.81. The highest BCUT2D eigenvalue weighted by Crippen LogP contribution is 2.71. The van der Waals surface area contributed by atoms with Crippen molar-refractivity contribution in [2.45, 2.75) is 143 Å². The third-order valence-electron chi connectivity index (χ3n) is 17.3. The lowest BCUT2D eigenvalue weighted by Crippen LogP contribution is -2.48. The summed E-state index contributed by atoms with van der Waals surface area (Å²) < 4.78 is 154. The van der Waals surface area contributed by atoms with E-state index in [0.717, 1.165) is 33.5 Å². The van der Waals surface area contributed by atoms with Gasteiger partial charge in [-0.1, -0.05) is 71.6 Å². The molecule has 7 rings (SSSR count). The van der Waals surface area contributed by atoms with E-state index in [0.29, 0.717) is 72.9 Å². The first-order valence-electron chi connectivity index (χ1n) is 32.1. The molecule has 105 heavy (non-hydrogen) atoms. The first-order valence-corrected chi connectivity index (χ1v) is 45.2. The summed E-state index contributed by atoms with van der Waals surface area (Å²) in [5.41, 5.74) is 10.6. The smallest absolute Gasteiger partial charge is 0.398 e. The number of ether oxygens (including phenoxy) is 1. The fourth-order valence-corrected chi connectivity index (χ4v) is 21.0. The quantitative estimate of drug-likeness (QED) is 0.00321. The number of aliphatic hydroxyl groups excluding tert-OH is 1. The van der Waals surface area contributed by atoms with Gasteiger partial charge >= 0.3 is 38.7 Å². The van der Waals surface area contributed by atoms with E-state index < -0.39 is 130 Å². The Kier molecular flexibility index (Phi) is 29.2. The maximum atomic E-state index is 13.7. The van der Waals surface area contributed by atoms with Crippen LogP contribution in [0.25, 0.3) is 10.9 Å². The molecule has 5 unspecified atom stereocenters. The number of nitrogen functional groups attached to an aromatic ring is 1. The van der Waals surface area contributed by atoms with Gasteiger partial charge in [0.2, 0.25) is 23.4 Å². The van der Waals surface area contributed by atoms with Gasteiger partial charge in [-0.3, -0.25) is 37.1 Å². The average molecular weight is 1650 g/mol. The van der Waals surface area contributed by atoms with Crippen LogP contribution in [0.1, 0.15) is 115 Å². The van der Waals surface area contributed by atoms with Gasteiger partial charge in [0, 0.05) is 109 Å². The molecular formula is C61H85N7O28P5S4+. The summed E-state index contributed by atoms with van der Waals surface area (Å²) in [6.45, 7) is 9.46. The zero-order valence-electron chi connectivity index (χ0n) is 57.4. The molecule has 580 valence electrons. The number of unbranched alkanes of at least 4 members (excludes halogenated alkanes) is 3. The lowest BCUT2D eigenvalue weighted by molar-refractivity contribution is -0.438. The third-order valence-corrected chi connectivity index (χ3v) is 29.5. The van der Waals surface area contributed by atoms with E-state index in [-0.39, 0.29) is 66.5 Å². The van der Waals surface area contributed by atoms with E-state index in [1.807, 2.05) is 69.6 Å². The molecule has 3 amide bonds. The maximum absolute atomic E-state index is 13.7. The van der Waals surface area contributed by atoms with Crippen LogP contribution in [0.3, 0.4) is 0 Å². The normalized spacial score (nSPS) is 20.4. The van der Waals surface area contributed by atoms with Crippen LogP contribution in [0.5, 0.6) is 0 Å². The predicted molar refractivity (Wildman–Crippen MR) is 389 cm³/mol. The summed E-state index contributed by atoms with van der Waals surface area (Å²) in [7, 11) is -33.8. The van der Waals surface area contributed by atoms with E-state index in [4.69, 9.17) is 20.3 Å². The van der Waals surface area contributed by atoms with Crippen LogP contribution in [0.2, 0.25) is 0 Å². The summed E-state index contributed by atoms with van der Waals surface area (Å²) in [6.07, 6.45) is 7.17. The van der Waals surface area contributed by atoms with Gasteiger partial charge in [0.05, 0.1) is 45.5 Å². The predicted octanol–water partition coefficient (Wildman–Crippen LogP) is 6.83. The first kappa shape index (κ1) is 87.0. The number of carbonyl (C=O) groups excluding carboxylic acids is 3. The van der Waals surface area contributed by atoms with Crippen molar-refractivity contribution in [1.29, 1.82) is 0 Å². The molecule has 4 aromatic rings. The molecule has 0 radical (unpaired) electrons. The number of rotatable bonds is 37. The van der Waals surface area contributed by atoms with Crippen molar-refractivity contribution in [2.24, 2.45) is 0 Å². The fraction of sp³-hybridized carbons (Fsp3) is 0.475. The number of benzene rings is 3. The van der Waals surface area contributed by atoms with Gasteiger partial charge in [0.25, 0.3) is 25.3 Å². The SMILES string of the molecule is CCN1/C(=C/C=C/C=C/C2=[N+](CCCCCC(=O)NC(CSSCCC(=O)NCC#Cc3cn([C@H]4C[C@H](O)[C@@H](COP(=O)(O)OP(=O)(O)OP(=O)(O)O)O4)c4cccc(N)c34)C(=O)NCCCCC(O)(P(=O)(O)O)P(=O)(O)OC)c3ccc(S(=O)(=O)O)cc3C2(C)C)C(C)(C)c2cc(S(=O)(=O)O)ccc21. The number of allylic oxidation sites excluding steroid dienone is 6. The topological polar surface area (TPSA) is 547 Å². The number of nitrogens with one attached hydrogen (secondary N) is 3. The highest BCUT2D eigenvalue weighted by molar-refractivity contribution is 8.76. The first-order chi connectivity index (χ1) is 48.7. The average Bonchev–Trinajstić information content (AvgIpc) is 1.60. The van der Waals surface area contributed by atoms with Crippen LogP contribution in [0, 0.1) is 11.8 Å². The van der Waals surface area contributed by atoms with Gasteiger partial charge in [-0.15, -0.1) is 0 Å². The molecule has 0 bridgehead atoms. The number of fused-ring (bicyclic) bond motifs is 3. The van der Waals surface area contributed by atoms with Crippen LogP contribution >= 0.6 is 60.2 Å². The number of nitrogens with two attached hydrogens (primary N) is 1. The third kappa shape index (κ3) is 22.3. The minimum atomic E-state index is -5.81. The van der Waals surface area contributed by atoms with Gasteiger partial charge in [0.15, 0.2) is 5.71 Å². The molecule has 1 saturated heterocycles. The Balaban J connectivity index is 0.956. The highest BCUT2D eigenvalue weighted by Gasteiger charge is 2.60. The maximum Gasteiger partial charge on any atom is 0.490 e. The minimum Gasteiger partial charge on any atom is -0.398 e. The number of likely N-dealkylation sites (N-methyl/N-ethyl adjacent to an activating group) is 1. The molecular weight excluding hydrogens is 1560 g/mol. The Labute approximate surface area is 613 Å². The van der Waals surface area contributed by atoms with Crippen LogP contribution in [0.4, 0.5) is 17.1 Å². The molecule has 0 spiro atoms. The monoisotopic (exact) mass is 1650 g/mol. The van der Waals surface area contributed by atoms with Crippen molar-refractivity contribution in [2.75, 3.05) is 62.0 Å². The molecule has 44 heteroatoms. The van der Waals surface area contributed by atoms with Crippen molar-refractivity contribution < 1.29 is 135 Å². The summed E-state index contributed by atoms with van der Waals surface area (Å²) >= 11 is 0. The molecule has 0 aliphatic carbocycles. The summed E-state index contributed by atoms with van der Waals surface area (Å²) in [6, 6.07) is 12.6. The molecule has 4 heterocycles.